The second-order valence-corrected chi connectivity index (χ2v) is 3.87. The summed E-state index contributed by atoms with van der Waals surface area (Å²) in [5, 5.41) is 2.74. The van der Waals surface area contributed by atoms with Crippen molar-refractivity contribution < 1.29 is 14.0 Å². The van der Waals surface area contributed by atoms with Crippen LogP contribution in [0.25, 0.3) is 0 Å². The quantitative estimate of drug-likeness (QED) is 0.821. The minimum absolute atomic E-state index is 0.102. The fraction of sp³-hybridized carbons (Fsp3) is 0.143. The van der Waals surface area contributed by atoms with Gasteiger partial charge in [-0.2, -0.15) is 0 Å². The lowest BCUT2D eigenvalue weighted by atomic mass is 10.2. The van der Waals surface area contributed by atoms with Crippen molar-refractivity contribution in [2.24, 2.45) is 0 Å². The topological polar surface area (TPSA) is 59.3 Å². The Balaban J connectivity index is 1.88. The van der Waals surface area contributed by atoms with E-state index in [9.17, 15) is 9.59 Å². The number of amides is 1. The second-order valence-electron chi connectivity index (χ2n) is 3.87. The van der Waals surface area contributed by atoms with E-state index in [1.165, 1.54) is 0 Å². The highest BCUT2D eigenvalue weighted by Gasteiger charge is 2.04. The first-order valence-corrected chi connectivity index (χ1v) is 5.65. The Hall–Kier alpha value is -2.36. The molecule has 2 aromatic rings. The molecule has 0 saturated heterocycles. The normalized spacial score (nSPS) is 10.0. The summed E-state index contributed by atoms with van der Waals surface area (Å²) in [6.07, 6.45) is 3.24. The summed E-state index contributed by atoms with van der Waals surface area (Å²) in [6, 6.07) is 10.4. The molecular weight excluding hydrogens is 230 g/mol. The molecule has 0 aliphatic heterocycles. The molecule has 4 nitrogen and oxygen atoms in total. The number of carbonyl (C=O) groups is 2. The Morgan fingerprint density at radius 2 is 2.17 bits per heavy atom. The van der Waals surface area contributed by atoms with Crippen LogP contribution in [-0.2, 0) is 11.2 Å². The molecule has 0 bridgehead atoms. The molecule has 0 aliphatic rings. The number of aryl methyl sites for hydroxylation is 1. The largest absolute Gasteiger partial charge is 0.469 e. The summed E-state index contributed by atoms with van der Waals surface area (Å²) in [7, 11) is 0. The molecule has 4 heteroatoms. The van der Waals surface area contributed by atoms with Gasteiger partial charge in [-0.25, -0.2) is 0 Å². The molecule has 0 fully saturated rings. The van der Waals surface area contributed by atoms with Crippen molar-refractivity contribution in [3.05, 3.63) is 54.0 Å². The van der Waals surface area contributed by atoms with Gasteiger partial charge in [0.1, 0.15) is 12.0 Å². The number of carbonyl (C=O) groups excluding carboxylic acids is 2. The van der Waals surface area contributed by atoms with Crippen LogP contribution in [0.15, 0.2) is 47.1 Å². The van der Waals surface area contributed by atoms with Crippen molar-refractivity contribution >= 4 is 17.9 Å². The fourth-order valence-corrected chi connectivity index (χ4v) is 1.60. The predicted molar refractivity (Wildman–Crippen MR) is 67.5 cm³/mol. The second kappa shape index (κ2) is 5.82. The van der Waals surface area contributed by atoms with Gasteiger partial charge in [-0.3, -0.25) is 9.59 Å². The van der Waals surface area contributed by atoms with E-state index in [2.05, 4.69) is 5.32 Å². The molecular formula is C14H13NO3. The van der Waals surface area contributed by atoms with Crippen LogP contribution in [0.3, 0.4) is 0 Å². The molecule has 2 rings (SSSR count). The van der Waals surface area contributed by atoms with Crippen molar-refractivity contribution in [2.45, 2.75) is 12.8 Å². The molecule has 1 N–H and O–H groups in total. The molecule has 0 spiro atoms. The maximum atomic E-state index is 11.7. The molecule has 0 saturated carbocycles. The van der Waals surface area contributed by atoms with Gasteiger partial charge in [-0.15, -0.1) is 0 Å². The van der Waals surface area contributed by atoms with Crippen LogP contribution >= 0.6 is 0 Å². The maximum Gasteiger partial charge on any atom is 0.224 e. The van der Waals surface area contributed by atoms with Gasteiger partial charge in [-0.1, -0.05) is 12.1 Å². The molecule has 1 amide bonds. The lowest BCUT2D eigenvalue weighted by molar-refractivity contribution is -0.116. The summed E-state index contributed by atoms with van der Waals surface area (Å²) >= 11 is 0. The fourth-order valence-electron chi connectivity index (χ4n) is 1.60. The molecule has 1 aromatic heterocycles. The van der Waals surface area contributed by atoms with Crippen molar-refractivity contribution in [2.75, 3.05) is 5.32 Å². The van der Waals surface area contributed by atoms with Gasteiger partial charge >= 0.3 is 0 Å². The summed E-state index contributed by atoms with van der Waals surface area (Å²) < 4.78 is 5.14. The molecule has 1 heterocycles. The Morgan fingerprint density at radius 1 is 1.28 bits per heavy atom. The lowest BCUT2D eigenvalue weighted by Gasteiger charge is -2.04. The first-order chi connectivity index (χ1) is 8.78. The van der Waals surface area contributed by atoms with Crippen molar-refractivity contribution in [1.29, 1.82) is 0 Å². The van der Waals surface area contributed by atoms with Crippen LogP contribution in [0, 0.1) is 0 Å². The third-order valence-corrected chi connectivity index (χ3v) is 2.49. The molecule has 1 aromatic carbocycles. The standard InChI is InChI=1S/C14H13NO3/c16-10-11-3-1-4-12(9-11)15-14(17)7-6-13-5-2-8-18-13/h1-5,8-10H,6-7H2,(H,15,17). The first-order valence-electron chi connectivity index (χ1n) is 5.65. The van der Waals surface area contributed by atoms with Gasteiger partial charge in [0.15, 0.2) is 0 Å². The van der Waals surface area contributed by atoms with E-state index in [0.717, 1.165) is 12.0 Å². The molecule has 18 heavy (non-hydrogen) atoms. The average molecular weight is 243 g/mol. The third kappa shape index (κ3) is 3.31. The maximum absolute atomic E-state index is 11.7. The van der Waals surface area contributed by atoms with E-state index in [4.69, 9.17) is 4.42 Å². The number of hydrogen-bond donors (Lipinski definition) is 1. The van der Waals surface area contributed by atoms with Crippen LogP contribution in [0.2, 0.25) is 0 Å². The highest BCUT2D eigenvalue weighted by Crippen LogP contribution is 2.10. The number of rotatable bonds is 5. The van der Waals surface area contributed by atoms with Gasteiger partial charge in [-0.05, 0) is 24.3 Å². The zero-order valence-corrected chi connectivity index (χ0v) is 9.76. The van der Waals surface area contributed by atoms with Gasteiger partial charge in [0.25, 0.3) is 0 Å². The highest BCUT2D eigenvalue weighted by atomic mass is 16.3. The van der Waals surface area contributed by atoms with Crippen molar-refractivity contribution in [3.8, 4) is 0 Å². The number of hydrogen-bond acceptors (Lipinski definition) is 3. The zero-order valence-electron chi connectivity index (χ0n) is 9.76. The summed E-state index contributed by atoms with van der Waals surface area (Å²) in [6.45, 7) is 0. The molecule has 0 radical (unpaired) electrons. The van der Waals surface area contributed by atoms with Gasteiger partial charge in [0, 0.05) is 24.1 Å². The smallest absolute Gasteiger partial charge is 0.224 e. The summed E-state index contributed by atoms with van der Waals surface area (Å²) in [5.41, 5.74) is 1.17. The van der Waals surface area contributed by atoms with E-state index in [-0.39, 0.29) is 5.91 Å². The number of furan rings is 1. The van der Waals surface area contributed by atoms with Gasteiger partial charge < -0.3 is 9.73 Å². The number of anilines is 1. The van der Waals surface area contributed by atoms with Crippen LogP contribution in [0.1, 0.15) is 22.5 Å². The molecule has 92 valence electrons. The number of benzene rings is 1. The molecule has 0 aliphatic carbocycles. The van der Waals surface area contributed by atoms with Crippen LogP contribution in [0.4, 0.5) is 5.69 Å². The van der Waals surface area contributed by atoms with E-state index >= 15 is 0 Å². The van der Waals surface area contributed by atoms with E-state index in [1.54, 1.807) is 36.6 Å². The average Bonchev–Trinajstić information content (AvgIpc) is 2.90. The monoisotopic (exact) mass is 243 g/mol. The minimum atomic E-state index is -0.102. The SMILES string of the molecule is O=Cc1cccc(NC(=O)CCc2ccco2)c1. The third-order valence-electron chi connectivity index (χ3n) is 2.49. The van der Waals surface area contributed by atoms with Gasteiger partial charge in [0.2, 0.25) is 5.91 Å². The molecule has 0 atom stereocenters. The van der Waals surface area contributed by atoms with Crippen LogP contribution < -0.4 is 5.32 Å². The Morgan fingerprint density at radius 3 is 2.89 bits per heavy atom. The van der Waals surface area contributed by atoms with Crippen LogP contribution in [0.5, 0.6) is 0 Å². The Kier molecular flexibility index (Phi) is 3.91. The van der Waals surface area contributed by atoms with E-state index in [1.807, 2.05) is 6.07 Å². The highest BCUT2D eigenvalue weighted by molar-refractivity contribution is 5.91. The van der Waals surface area contributed by atoms with Crippen molar-refractivity contribution in [3.63, 3.8) is 0 Å². The first kappa shape index (κ1) is 12.1. The predicted octanol–water partition coefficient (Wildman–Crippen LogP) is 2.66. The minimum Gasteiger partial charge on any atom is -0.469 e. The number of nitrogens with one attached hydrogen (secondary N) is 1. The number of aldehydes is 1. The summed E-state index contributed by atoms with van der Waals surface area (Å²) in [5.74, 6) is 0.682. The lowest BCUT2D eigenvalue weighted by Crippen LogP contribution is -2.12. The van der Waals surface area contributed by atoms with E-state index < -0.39 is 0 Å². The van der Waals surface area contributed by atoms with Crippen molar-refractivity contribution in [1.82, 2.24) is 0 Å². The Labute approximate surface area is 105 Å². The molecule has 0 unspecified atom stereocenters. The zero-order chi connectivity index (χ0) is 12.8. The van der Waals surface area contributed by atoms with E-state index in [0.29, 0.717) is 24.1 Å². The van der Waals surface area contributed by atoms with Gasteiger partial charge in [0.05, 0.1) is 6.26 Å². The van der Waals surface area contributed by atoms with Crippen LogP contribution in [-0.4, -0.2) is 12.2 Å². The Bertz CT molecular complexity index is 532. The summed E-state index contributed by atoms with van der Waals surface area (Å²) in [4.78, 5) is 22.3.